The molecule has 0 radical (unpaired) electrons. The first-order valence-electron chi connectivity index (χ1n) is 14.3. The number of fused-ring (bicyclic) bond motifs is 6. The third-order valence-electron chi connectivity index (χ3n) is 7.63. The molecule has 8 heteroatoms. The zero-order chi connectivity index (χ0) is 29.4. The normalized spacial score (nSPS) is 20.6. The number of hydrogen-bond donors (Lipinski definition) is 4. The third-order valence-corrected chi connectivity index (χ3v) is 7.63. The van der Waals surface area contributed by atoms with E-state index in [4.69, 9.17) is 20.0 Å². The van der Waals surface area contributed by atoms with Crippen LogP contribution in [0.25, 0.3) is 0 Å². The predicted octanol–water partition coefficient (Wildman–Crippen LogP) is 6.49. The molecule has 214 valence electrons. The van der Waals surface area contributed by atoms with E-state index < -0.39 is 0 Å². The molecule has 0 spiro atoms. The minimum Gasteiger partial charge on any atom is -0.329 e. The molecular formula is C32H46N8. The fourth-order valence-electron chi connectivity index (χ4n) is 5.38. The number of aliphatic imine (C=N–C) groups is 2. The summed E-state index contributed by atoms with van der Waals surface area (Å²) in [7, 11) is 0. The average Bonchev–Trinajstić information content (AvgIpc) is 3.53. The predicted molar refractivity (Wildman–Crippen MR) is 166 cm³/mol. The van der Waals surface area contributed by atoms with Gasteiger partial charge in [-0.05, 0) is 51.0 Å². The first-order valence-corrected chi connectivity index (χ1v) is 14.3. The zero-order valence-electron chi connectivity index (χ0n) is 26.3. The van der Waals surface area contributed by atoms with Crippen molar-refractivity contribution in [1.82, 2.24) is 9.97 Å². The molecule has 0 aromatic carbocycles. The van der Waals surface area contributed by atoms with E-state index in [9.17, 15) is 0 Å². The molecule has 3 aliphatic heterocycles. The Morgan fingerprint density at radius 1 is 0.700 bits per heavy atom. The Hall–Kier alpha value is -3.42. The third kappa shape index (κ3) is 5.45. The lowest BCUT2D eigenvalue weighted by atomic mass is 9.85. The topological polar surface area (TPSA) is 105 Å². The molecule has 0 fully saturated rings. The van der Waals surface area contributed by atoms with Crippen molar-refractivity contribution in [2.75, 3.05) is 10.6 Å². The van der Waals surface area contributed by atoms with Crippen LogP contribution in [0.3, 0.4) is 0 Å². The van der Waals surface area contributed by atoms with Crippen LogP contribution >= 0.6 is 0 Å². The highest BCUT2D eigenvalue weighted by atomic mass is 15.2. The van der Waals surface area contributed by atoms with E-state index in [-0.39, 0.29) is 27.8 Å². The highest BCUT2D eigenvalue weighted by Crippen LogP contribution is 2.38. The Morgan fingerprint density at radius 3 is 1.98 bits per heavy atom. The molecule has 0 saturated heterocycles. The summed E-state index contributed by atoms with van der Waals surface area (Å²) in [6, 6.07) is 4.30. The second-order valence-electron chi connectivity index (χ2n) is 15.4. The minimum absolute atomic E-state index is 0.0839. The van der Waals surface area contributed by atoms with Gasteiger partial charge in [0.2, 0.25) is 0 Å². The summed E-state index contributed by atoms with van der Waals surface area (Å²) in [6.07, 6.45) is 2.54. The highest BCUT2D eigenvalue weighted by Gasteiger charge is 2.32. The second kappa shape index (κ2) is 9.05. The van der Waals surface area contributed by atoms with Gasteiger partial charge >= 0.3 is 0 Å². The van der Waals surface area contributed by atoms with E-state index in [2.05, 4.69) is 122 Å². The van der Waals surface area contributed by atoms with Crippen molar-refractivity contribution in [3.8, 4) is 0 Å². The van der Waals surface area contributed by atoms with Crippen molar-refractivity contribution in [3.63, 3.8) is 0 Å². The van der Waals surface area contributed by atoms with Crippen molar-refractivity contribution >= 4 is 23.3 Å². The van der Waals surface area contributed by atoms with Crippen LogP contribution in [0.1, 0.15) is 101 Å². The van der Waals surface area contributed by atoms with Crippen LogP contribution in [-0.2, 0) is 10.8 Å². The van der Waals surface area contributed by atoms with Crippen molar-refractivity contribution in [3.05, 3.63) is 57.3 Å². The van der Waals surface area contributed by atoms with Crippen LogP contribution in [0, 0.1) is 10.8 Å². The summed E-state index contributed by atoms with van der Waals surface area (Å²) < 4.78 is 0. The quantitative estimate of drug-likeness (QED) is 0.306. The Balaban J connectivity index is 1.77. The molecule has 1 unspecified atom stereocenters. The maximum absolute atomic E-state index is 5.12. The lowest BCUT2D eigenvalue weighted by Gasteiger charge is -2.22. The van der Waals surface area contributed by atoms with Crippen LogP contribution in [0.4, 0.5) is 11.6 Å². The van der Waals surface area contributed by atoms with Crippen LogP contribution in [0.5, 0.6) is 0 Å². The van der Waals surface area contributed by atoms with Gasteiger partial charge in [-0.3, -0.25) is 0 Å². The van der Waals surface area contributed by atoms with Crippen molar-refractivity contribution in [1.29, 1.82) is 0 Å². The monoisotopic (exact) mass is 542 g/mol. The molecule has 2 aromatic rings. The van der Waals surface area contributed by atoms with E-state index in [0.29, 0.717) is 6.42 Å². The van der Waals surface area contributed by atoms with E-state index in [1.54, 1.807) is 0 Å². The van der Waals surface area contributed by atoms with Gasteiger partial charge in [-0.15, -0.1) is 0 Å². The van der Waals surface area contributed by atoms with Crippen LogP contribution < -0.4 is 21.6 Å². The summed E-state index contributed by atoms with van der Waals surface area (Å²) >= 11 is 0. The number of aromatic amines is 2. The smallest absolute Gasteiger partial charge is 0.163 e. The van der Waals surface area contributed by atoms with Gasteiger partial charge in [-0.1, -0.05) is 83.1 Å². The molecule has 5 rings (SSSR count). The number of rotatable bonds is 0. The fraction of sp³-hybridized carbons (Fsp3) is 0.562. The summed E-state index contributed by atoms with van der Waals surface area (Å²) in [5.41, 5.74) is 5.81. The van der Waals surface area contributed by atoms with Gasteiger partial charge in [0.1, 0.15) is 34.3 Å². The lowest BCUT2D eigenvalue weighted by molar-refractivity contribution is 0.493. The van der Waals surface area contributed by atoms with Crippen molar-refractivity contribution in [2.45, 2.75) is 107 Å². The summed E-state index contributed by atoms with van der Waals surface area (Å²) in [5, 5.41) is 7.25. The maximum Gasteiger partial charge on any atom is 0.163 e. The fourth-order valence-corrected chi connectivity index (χ4v) is 5.38. The number of hydrogen-bond acceptors (Lipinski definition) is 6. The molecule has 5 heterocycles. The van der Waals surface area contributed by atoms with Gasteiger partial charge in [0.05, 0.1) is 0 Å². The van der Waals surface area contributed by atoms with Crippen LogP contribution in [0.2, 0.25) is 0 Å². The van der Waals surface area contributed by atoms with Gasteiger partial charge in [-0.25, -0.2) is 20.0 Å². The largest absolute Gasteiger partial charge is 0.329 e. The number of nitrogens with zero attached hydrogens (tertiary/aromatic N) is 4. The molecule has 3 aliphatic rings. The van der Waals surface area contributed by atoms with Crippen LogP contribution in [0.15, 0.2) is 55.1 Å². The van der Waals surface area contributed by atoms with Crippen molar-refractivity contribution < 1.29 is 0 Å². The summed E-state index contributed by atoms with van der Waals surface area (Å²) in [4.78, 5) is 27.4. The lowest BCUT2D eigenvalue weighted by Crippen LogP contribution is -2.23. The summed E-state index contributed by atoms with van der Waals surface area (Å²) in [5.74, 6) is 4.31. The molecule has 0 amide bonds. The number of H-pyrrole nitrogens is 2. The Kier molecular flexibility index (Phi) is 6.36. The zero-order valence-corrected chi connectivity index (χ0v) is 26.3. The molecule has 2 aromatic heterocycles. The number of anilines is 2. The first kappa shape index (κ1) is 28.1. The molecule has 1 atom stereocenters. The standard InChI is InChI=1S/C32H46N8/c1-29(2,3)17-13-21-33-25(17)37-22-14-18(30(4,5)6)27(34-22)39-24-16-20(32(10,11)12)28(36-24)40-23-15-19(31(7,8)9)26(35-23)38-21/h13-15,21,34H,16H2,1-12H3,(H,33,37)(H,36,39)(H,35,38,40). The van der Waals surface area contributed by atoms with E-state index in [1.807, 2.05) is 0 Å². The molecule has 0 aliphatic carbocycles. The molecular weight excluding hydrogens is 496 g/mol. The van der Waals surface area contributed by atoms with E-state index in [0.717, 1.165) is 51.2 Å². The average molecular weight is 543 g/mol. The Labute approximate surface area is 238 Å². The van der Waals surface area contributed by atoms with E-state index in [1.165, 1.54) is 11.1 Å². The second-order valence-corrected chi connectivity index (χ2v) is 15.4. The van der Waals surface area contributed by atoms with E-state index >= 15 is 0 Å². The van der Waals surface area contributed by atoms with Gasteiger partial charge in [0, 0.05) is 17.5 Å². The Morgan fingerprint density at radius 2 is 1.38 bits per heavy atom. The Bertz CT molecular complexity index is 1590. The number of nitrogens with one attached hydrogen (secondary N) is 4. The SMILES string of the molecule is CC(C)(C)C1=CC2N=C1Nc1cc(C(C)(C)C)c([nH]1)NC1=NC(=C(C(C)(C)C)C1)N=c1cc(C(C)(C)C)/c([nH]1)=N/2. The van der Waals surface area contributed by atoms with Gasteiger partial charge in [-0.2, -0.15) is 0 Å². The molecule has 8 nitrogen and oxygen atoms in total. The van der Waals surface area contributed by atoms with Crippen LogP contribution in [-0.4, -0.2) is 27.8 Å². The van der Waals surface area contributed by atoms with Gasteiger partial charge < -0.3 is 20.6 Å². The van der Waals surface area contributed by atoms with Gasteiger partial charge in [0.25, 0.3) is 0 Å². The molecule has 0 saturated carbocycles. The molecule has 4 N–H and O–H groups in total. The number of aromatic nitrogens is 2. The minimum atomic E-state index is -0.340. The highest BCUT2D eigenvalue weighted by molar-refractivity contribution is 6.10. The van der Waals surface area contributed by atoms with Crippen molar-refractivity contribution in [2.24, 2.45) is 30.8 Å². The molecule has 40 heavy (non-hydrogen) atoms. The molecule has 8 bridgehead atoms. The number of amidine groups is 2. The maximum atomic E-state index is 5.12. The summed E-state index contributed by atoms with van der Waals surface area (Å²) in [6.45, 7) is 26.6. The van der Waals surface area contributed by atoms with Gasteiger partial charge in [0.15, 0.2) is 12.0 Å². The first-order chi connectivity index (χ1) is 18.3.